The molecule has 0 aliphatic carbocycles. The highest BCUT2D eigenvalue weighted by molar-refractivity contribution is 6.37. The van der Waals surface area contributed by atoms with Gasteiger partial charge in [-0.15, -0.1) is 0 Å². The van der Waals surface area contributed by atoms with Gasteiger partial charge in [-0.2, -0.15) is 0 Å². The largest absolute Gasteiger partial charge is 0.396 e. The Hall–Kier alpha value is -1.07. The van der Waals surface area contributed by atoms with E-state index in [4.69, 9.17) is 23.2 Å². The van der Waals surface area contributed by atoms with Gasteiger partial charge in [0.05, 0.1) is 13.2 Å². The molecule has 4 nitrogen and oxygen atoms in total. The van der Waals surface area contributed by atoms with Crippen molar-refractivity contribution >= 4 is 35.2 Å². The lowest BCUT2D eigenvalue weighted by Gasteiger charge is -2.29. The minimum Gasteiger partial charge on any atom is -0.396 e. The van der Waals surface area contributed by atoms with E-state index in [1.807, 2.05) is 0 Å². The number of rotatable bonds is 6. The van der Waals surface area contributed by atoms with E-state index < -0.39 is 5.41 Å². The molecule has 1 aromatic carbocycles. The predicted octanol–water partition coefficient (Wildman–Crippen LogP) is 2.46. The van der Waals surface area contributed by atoms with Crippen molar-refractivity contribution in [1.82, 2.24) is 4.90 Å². The summed E-state index contributed by atoms with van der Waals surface area (Å²) in [5.74, 6) is -0.265. The first kappa shape index (κ1) is 18.0. The molecule has 0 aromatic heterocycles. The van der Waals surface area contributed by atoms with Crippen molar-refractivity contribution in [2.75, 3.05) is 26.8 Å². The number of hydrogen-bond acceptors (Lipinski definition) is 3. The molecule has 0 radical (unpaired) electrons. The van der Waals surface area contributed by atoms with Gasteiger partial charge in [-0.05, 0) is 18.2 Å². The molecule has 21 heavy (non-hydrogen) atoms. The minimum atomic E-state index is -0.736. The summed E-state index contributed by atoms with van der Waals surface area (Å²) < 4.78 is 0. The van der Waals surface area contributed by atoms with E-state index in [1.54, 1.807) is 38.2 Å². The molecule has 0 bridgehead atoms. The van der Waals surface area contributed by atoms with Crippen LogP contribution in [0.15, 0.2) is 24.3 Å². The topological polar surface area (TPSA) is 60.8 Å². The average Bonchev–Trinajstić information content (AvgIpc) is 2.46. The van der Waals surface area contributed by atoms with Gasteiger partial charge in [0.1, 0.15) is 0 Å². The molecule has 0 unspecified atom stereocenters. The summed E-state index contributed by atoms with van der Waals surface area (Å²) in [6, 6.07) is 5.11. The first-order chi connectivity index (χ1) is 9.83. The molecule has 1 amide bonds. The molecule has 1 rings (SSSR count). The second kappa shape index (κ2) is 7.80. The normalized spacial score (nSPS) is 11.9. The summed E-state index contributed by atoms with van der Waals surface area (Å²) in [4.78, 5) is 13.5. The third-order valence-electron chi connectivity index (χ3n) is 3.15. The molecule has 0 saturated heterocycles. The molecule has 0 aliphatic heterocycles. The maximum absolute atomic E-state index is 12.0. The number of benzene rings is 1. The fourth-order valence-electron chi connectivity index (χ4n) is 1.75. The van der Waals surface area contributed by atoms with Crippen molar-refractivity contribution in [2.45, 2.75) is 6.92 Å². The average molecular weight is 332 g/mol. The monoisotopic (exact) mass is 331 g/mol. The molecule has 0 spiro atoms. The van der Waals surface area contributed by atoms with Crippen molar-refractivity contribution in [3.8, 4) is 0 Å². The second-order valence-corrected chi connectivity index (χ2v) is 6.10. The Labute approximate surface area is 134 Å². The van der Waals surface area contributed by atoms with Crippen molar-refractivity contribution in [1.29, 1.82) is 0 Å². The van der Waals surface area contributed by atoms with E-state index in [-0.39, 0.29) is 25.7 Å². The lowest BCUT2D eigenvalue weighted by atomic mass is 9.92. The Balaban J connectivity index is 2.79. The molecular formula is C15H19Cl2NO3. The summed E-state index contributed by atoms with van der Waals surface area (Å²) in [5, 5.41) is 19.4. The van der Waals surface area contributed by atoms with Gasteiger partial charge >= 0.3 is 0 Å². The number of carbonyl (C=O) groups is 1. The number of halogens is 2. The van der Waals surface area contributed by atoms with E-state index >= 15 is 0 Å². The highest BCUT2D eigenvalue weighted by Crippen LogP contribution is 2.25. The lowest BCUT2D eigenvalue weighted by Crippen LogP contribution is -2.41. The van der Waals surface area contributed by atoms with Crippen molar-refractivity contribution in [3.63, 3.8) is 0 Å². The van der Waals surface area contributed by atoms with E-state index in [9.17, 15) is 15.0 Å². The first-order valence-corrected chi connectivity index (χ1v) is 7.17. The van der Waals surface area contributed by atoms with Gasteiger partial charge in [0, 0.05) is 40.7 Å². The van der Waals surface area contributed by atoms with Gasteiger partial charge in [0.15, 0.2) is 0 Å². The van der Waals surface area contributed by atoms with E-state index in [0.717, 1.165) is 0 Å². The van der Waals surface area contributed by atoms with Crippen LogP contribution in [0.1, 0.15) is 12.5 Å². The summed E-state index contributed by atoms with van der Waals surface area (Å²) >= 11 is 12.0. The van der Waals surface area contributed by atoms with Gasteiger partial charge in [0.2, 0.25) is 5.91 Å². The molecule has 2 N–H and O–H groups in total. The van der Waals surface area contributed by atoms with Crippen LogP contribution < -0.4 is 0 Å². The van der Waals surface area contributed by atoms with Crippen molar-refractivity contribution in [2.24, 2.45) is 5.41 Å². The highest BCUT2D eigenvalue weighted by atomic mass is 35.5. The van der Waals surface area contributed by atoms with Crippen LogP contribution >= 0.6 is 23.2 Å². The summed E-state index contributed by atoms with van der Waals surface area (Å²) in [6.45, 7) is 1.52. The predicted molar refractivity (Wildman–Crippen MR) is 85.4 cm³/mol. The number of aliphatic hydroxyl groups excluding tert-OH is 2. The molecule has 116 valence electrons. The molecule has 0 saturated carbocycles. The van der Waals surface area contributed by atoms with Gasteiger partial charge in [-0.1, -0.05) is 36.2 Å². The SMILES string of the molecule is CN(CC(C)(CO)CO)C(=O)/C=C/c1c(Cl)cccc1Cl. The standard InChI is InChI=1S/C15H19Cl2NO3/c1-15(9-19,10-20)8-18(2)14(21)7-6-11-12(16)4-3-5-13(11)17/h3-7,19-20H,8-10H2,1-2H3/b7-6+. The lowest BCUT2D eigenvalue weighted by molar-refractivity contribution is -0.126. The third kappa shape index (κ3) is 5.00. The second-order valence-electron chi connectivity index (χ2n) is 5.29. The maximum Gasteiger partial charge on any atom is 0.246 e. The number of aliphatic hydroxyl groups is 2. The van der Waals surface area contributed by atoms with Crippen LogP contribution in [-0.2, 0) is 4.79 Å². The number of carbonyl (C=O) groups excluding carboxylic acids is 1. The Morgan fingerprint density at radius 2 is 1.81 bits per heavy atom. The van der Waals surface area contributed by atoms with E-state index in [2.05, 4.69) is 0 Å². The van der Waals surface area contributed by atoms with Crippen LogP contribution in [0.4, 0.5) is 0 Å². The fourth-order valence-corrected chi connectivity index (χ4v) is 2.28. The Kier molecular flexibility index (Phi) is 6.68. The number of amides is 1. The molecule has 1 aromatic rings. The van der Waals surface area contributed by atoms with Gasteiger partial charge in [-0.3, -0.25) is 4.79 Å². The molecule has 0 heterocycles. The molecule has 0 fully saturated rings. The van der Waals surface area contributed by atoms with Gasteiger partial charge in [-0.25, -0.2) is 0 Å². The van der Waals surface area contributed by atoms with Crippen LogP contribution in [0.2, 0.25) is 10.0 Å². The van der Waals surface area contributed by atoms with Gasteiger partial charge < -0.3 is 15.1 Å². The first-order valence-electron chi connectivity index (χ1n) is 6.42. The molecule has 0 aliphatic rings. The number of nitrogens with zero attached hydrogens (tertiary/aromatic N) is 1. The zero-order valence-corrected chi connectivity index (χ0v) is 13.5. The van der Waals surface area contributed by atoms with Crippen LogP contribution in [0.25, 0.3) is 6.08 Å². The van der Waals surface area contributed by atoms with Crippen LogP contribution in [0.3, 0.4) is 0 Å². The smallest absolute Gasteiger partial charge is 0.246 e. The van der Waals surface area contributed by atoms with Gasteiger partial charge in [0.25, 0.3) is 0 Å². The van der Waals surface area contributed by atoms with Crippen LogP contribution in [-0.4, -0.2) is 47.8 Å². The maximum atomic E-state index is 12.0. The number of hydrogen-bond donors (Lipinski definition) is 2. The summed E-state index contributed by atoms with van der Waals surface area (Å²) in [5.41, 5.74) is -0.157. The van der Waals surface area contributed by atoms with E-state index in [0.29, 0.717) is 15.6 Å². The fraction of sp³-hybridized carbons (Fsp3) is 0.400. The number of likely N-dealkylation sites (N-methyl/N-ethyl adjacent to an activating group) is 1. The van der Waals surface area contributed by atoms with Crippen LogP contribution in [0, 0.1) is 5.41 Å². The van der Waals surface area contributed by atoms with E-state index in [1.165, 1.54) is 11.0 Å². The molecule has 0 atom stereocenters. The van der Waals surface area contributed by atoms with Crippen LogP contribution in [0.5, 0.6) is 0 Å². The Morgan fingerprint density at radius 1 is 1.29 bits per heavy atom. The molecular weight excluding hydrogens is 313 g/mol. The Bertz CT molecular complexity index is 507. The zero-order valence-electron chi connectivity index (χ0n) is 12.0. The summed E-state index contributed by atoms with van der Waals surface area (Å²) in [6.07, 6.45) is 2.92. The third-order valence-corrected chi connectivity index (χ3v) is 3.81. The highest BCUT2D eigenvalue weighted by Gasteiger charge is 2.25. The zero-order chi connectivity index (χ0) is 16.0. The Morgan fingerprint density at radius 3 is 2.29 bits per heavy atom. The van der Waals surface area contributed by atoms with Crippen molar-refractivity contribution in [3.05, 3.63) is 39.9 Å². The quantitative estimate of drug-likeness (QED) is 0.787. The summed E-state index contributed by atoms with van der Waals surface area (Å²) in [7, 11) is 1.60. The molecule has 6 heteroatoms. The minimum absolute atomic E-state index is 0.207. The van der Waals surface area contributed by atoms with Crippen molar-refractivity contribution < 1.29 is 15.0 Å².